The van der Waals surface area contributed by atoms with Crippen molar-refractivity contribution in [2.75, 3.05) is 26.4 Å². The van der Waals surface area contributed by atoms with Gasteiger partial charge in [0.15, 0.2) is 0 Å². The van der Waals surface area contributed by atoms with Crippen LogP contribution in [0.25, 0.3) is 0 Å². The predicted molar refractivity (Wildman–Crippen MR) is 237 cm³/mol. The number of unbranched alkanes of at least 4 members (excludes halogenated alkanes) is 26. The van der Waals surface area contributed by atoms with Gasteiger partial charge in [0.1, 0.15) is 6.10 Å². The molecule has 1 unspecified atom stereocenters. The van der Waals surface area contributed by atoms with Crippen LogP contribution in [0.3, 0.4) is 0 Å². The molecule has 6 heteroatoms. The van der Waals surface area contributed by atoms with Crippen LogP contribution in [0, 0.1) is 0 Å². The molecule has 0 N–H and O–H groups in total. The van der Waals surface area contributed by atoms with Gasteiger partial charge in [0, 0.05) is 25.3 Å². The molecule has 0 aromatic heterocycles. The van der Waals surface area contributed by atoms with Gasteiger partial charge in [0.25, 0.3) is 8.53 Å². The first-order chi connectivity index (χ1) is 26.5. The van der Waals surface area contributed by atoms with Crippen molar-refractivity contribution in [1.29, 1.82) is 0 Å². The fourth-order valence-electron chi connectivity index (χ4n) is 7.30. The van der Waals surface area contributed by atoms with E-state index in [9.17, 15) is 0 Å². The van der Waals surface area contributed by atoms with Crippen molar-refractivity contribution < 1.29 is 18.5 Å². The second kappa shape index (κ2) is 39.3. The highest BCUT2D eigenvalue weighted by Crippen LogP contribution is 2.46. The molecule has 0 radical (unpaired) electrons. The van der Waals surface area contributed by atoms with Crippen LogP contribution < -0.4 is 0 Å². The standard InChI is InChI=1S/C48H92NO4P/c1-7-9-11-13-15-17-19-21-23-25-27-29-31-36-40-50-43-48(51-41-37-32-30-28-26-24-22-20-18-16-14-12-10-8-2)44-53-54(49(45(3)4)46(5)6)52-42-47-38-34-33-35-39-47/h33-35,38-39,45-46,48H,7-32,36-37,40-44H2,1-6H3/t48-,54?/m1/s1. The van der Waals surface area contributed by atoms with E-state index in [4.69, 9.17) is 18.5 Å². The van der Waals surface area contributed by atoms with Crippen LogP contribution in [0.15, 0.2) is 30.3 Å². The molecular formula is C48H92NO4P. The Morgan fingerprint density at radius 3 is 1.26 bits per heavy atom. The number of nitrogens with zero attached hydrogens (tertiary/aromatic N) is 1. The third-order valence-electron chi connectivity index (χ3n) is 10.6. The van der Waals surface area contributed by atoms with Crippen LogP contribution in [-0.4, -0.2) is 49.3 Å². The van der Waals surface area contributed by atoms with E-state index in [1.54, 1.807) is 0 Å². The molecule has 1 rings (SSSR count). The van der Waals surface area contributed by atoms with Crippen LogP contribution >= 0.6 is 8.53 Å². The number of ether oxygens (including phenoxy) is 2. The van der Waals surface area contributed by atoms with E-state index in [-0.39, 0.29) is 6.10 Å². The molecular weight excluding hydrogens is 686 g/mol. The fraction of sp³-hybridized carbons (Fsp3) is 0.875. The lowest BCUT2D eigenvalue weighted by atomic mass is 10.0. The van der Waals surface area contributed by atoms with Gasteiger partial charge in [0.05, 0.1) is 19.8 Å². The van der Waals surface area contributed by atoms with Crippen molar-refractivity contribution in [2.24, 2.45) is 0 Å². The predicted octanol–water partition coefficient (Wildman–Crippen LogP) is 15.9. The van der Waals surface area contributed by atoms with E-state index in [0.717, 1.165) is 26.1 Å². The fourth-order valence-corrected chi connectivity index (χ4v) is 8.95. The maximum Gasteiger partial charge on any atom is 0.259 e. The normalized spacial score (nSPS) is 13.1. The number of benzene rings is 1. The Bertz CT molecular complexity index is 864. The minimum Gasteiger partial charge on any atom is -0.379 e. The lowest BCUT2D eigenvalue weighted by molar-refractivity contribution is -0.0414. The third kappa shape index (κ3) is 31.5. The lowest BCUT2D eigenvalue weighted by Gasteiger charge is -2.36. The molecule has 0 saturated carbocycles. The summed E-state index contributed by atoms with van der Waals surface area (Å²) in [5.74, 6) is 0. The molecule has 0 aliphatic rings. The summed E-state index contributed by atoms with van der Waals surface area (Å²) < 4.78 is 28.2. The summed E-state index contributed by atoms with van der Waals surface area (Å²) in [5, 5.41) is 0. The summed E-state index contributed by atoms with van der Waals surface area (Å²) >= 11 is 0. The van der Waals surface area contributed by atoms with Crippen molar-refractivity contribution in [1.82, 2.24) is 4.67 Å². The summed E-state index contributed by atoms with van der Waals surface area (Å²) in [5.41, 5.74) is 1.17. The Morgan fingerprint density at radius 2 is 0.852 bits per heavy atom. The van der Waals surface area contributed by atoms with Crippen LogP contribution in [-0.2, 0) is 25.1 Å². The minimum atomic E-state index is -1.24. The van der Waals surface area contributed by atoms with Crippen molar-refractivity contribution in [2.45, 2.75) is 246 Å². The van der Waals surface area contributed by atoms with Gasteiger partial charge in [-0.05, 0) is 46.1 Å². The number of rotatable bonds is 42. The quantitative estimate of drug-likeness (QED) is 0.0488. The van der Waals surface area contributed by atoms with Crippen LogP contribution in [0.4, 0.5) is 0 Å². The highest BCUT2D eigenvalue weighted by atomic mass is 31.2. The minimum absolute atomic E-state index is 0.0786. The van der Waals surface area contributed by atoms with Gasteiger partial charge in [-0.1, -0.05) is 211 Å². The van der Waals surface area contributed by atoms with Crippen LogP contribution in [0.1, 0.15) is 227 Å². The number of hydrogen-bond donors (Lipinski definition) is 0. The largest absolute Gasteiger partial charge is 0.379 e. The highest BCUT2D eigenvalue weighted by molar-refractivity contribution is 7.44. The molecule has 0 aliphatic carbocycles. The molecule has 0 aliphatic heterocycles. The molecule has 0 bridgehead atoms. The molecule has 0 spiro atoms. The first-order valence-corrected chi connectivity index (χ1v) is 24.7. The van der Waals surface area contributed by atoms with Gasteiger partial charge in [-0.25, -0.2) is 4.67 Å². The Labute approximate surface area is 339 Å². The Hall–Kier alpha value is -0.550. The van der Waals surface area contributed by atoms with Gasteiger partial charge in [-0.2, -0.15) is 0 Å². The summed E-state index contributed by atoms with van der Waals surface area (Å²) in [4.78, 5) is 0. The summed E-state index contributed by atoms with van der Waals surface area (Å²) in [6.07, 6.45) is 38.3. The van der Waals surface area contributed by atoms with E-state index < -0.39 is 8.53 Å². The molecule has 2 atom stereocenters. The molecule has 318 valence electrons. The highest BCUT2D eigenvalue weighted by Gasteiger charge is 2.28. The molecule has 0 amide bonds. The van der Waals surface area contributed by atoms with E-state index in [1.807, 2.05) is 0 Å². The summed E-state index contributed by atoms with van der Waals surface area (Å²) in [7, 11) is -1.24. The van der Waals surface area contributed by atoms with E-state index in [2.05, 4.69) is 76.5 Å². The van der Waals surface area contributed by atoms with Crippen LogP contribution in [0.5, 0.6) is 0 Å². The Morgan fingerprint density at radius 1 is 0.463 bits per heavy atom. The zero-order valence-corrected chi connectivity index (χ0v) is 37.9. The zero-order valence-electron chi connectivity index (χ0n) is 37.0. The van der Waals surface area contributed by atoms with Gasteiger partial charge < -0.3 is 18.5 Å². The number of hydrogen-bond acceptors (Lipinski definition) is 5. The van der Waals surface area contributed by atoms with E-state index >= 15 is 0 Å². The van der Waals surface area contributed by atoms with Crippen molar-refractivity contribution in [3.63, 3.8) is 0 Å². The van der Waals surface area contributed by atoms with Crippen molar-refractivity contribution in [3.8, 4) is 0 Å². The molecule has 0 saturated heterocycles. The smallest absolute Gasteiger partial charge is 0.259 e. The van der Waals surface area contributed by atoms with Gasteiger partial charge in [-0.15, -0.1) is 0 Å². The lowest BCUT2D eigenvalue weighted by Crippen LogP contribution is -2.35. The Kier molecular flexibility index (Phi) is 37.4. The second-order valence-electron chi connectivity index (χ2n) is 16.6. The molecule has 5 nitrogen and oxygen atoms in total. The molecule has 1 aromatic rings. The molecule has 54 heavy (non-hydrogen) atoms. The maximum atomic E-state index is 6.63. The second-order valence-corrected chi connectivity index (χ2v) is 18.1. The monoisotopic (exact) mass is 778 g/mol. The zero-order chi connectivity index (χ0) is 39.2. The summed E-state index contributed by atoms with van der Waals surface area (Å²) in [6, 6.07) is 11.1. The van der Waals surface area contributed by atoms with Gasteiger partial charge in [0.2, 0.25) is 0 Å². The average molecular weight is 778 g/mol. The van der Waals surface area contributed by atoms with Crippen molar-refractivity contribution in [3.05, 3.63) is 35.9 Å². The van der Waals surface area contributed by atoms with E-state index in [1.165, 1.54) is 173 Å². The topological polar surface area (TPSA) is 40.2 Å². The SMILES string of the molecule is CCCCCCCCCCCCCCCCOC[C@H](COP(OCc1ccccc1)N(C(C)C)C(C)C)OCCCCCCCCCCCCCCCC. The van der Waals surface area contributed by atoms with Crippen molar-refractivity contribution >= 4 is 8.53 Å². The first kappa shape index (κ1) is 51.5. The van der Waals surface area contributed by atoms with Gasteiger partial charge >= 0.3 is 0 Å². The third-order valence-corrected chi connectivity index (χ3v) is 12.6. The Balaban J connectivity index is 2.41. The van der Waals surface area contributed by atoms with Crippen LogP contribution in [0.2, 0.25) is 0 Å². The molecule has 0 heterocycles. The van der Waals surface area contributed by atoms with E-state index in [0.29, 0.717) is 31.9 Å². The summed E-state index contributed by atoms with van der Waals surface area (Å²) in [6.45, 7) is 16.7. The maximum absolute atomic E-state index is 6.63. The molecule has 1 aromatic carbocycles. The molecule has 0 fully saturated rings. The first-order valence-electron chi connectivity index (χ1n) is 23.6. The van der Waals surface area contributed by atoms with Gasteiger partial charge in [-0.3, -0.25) is 0 Å². The average Bonchev–Trinajstić information content (AvgIpc) is 3.16.